The van der Waals surface area contributed by atoms with Crippen molar-refractivity contribution in [1.82, 2.24) is 19.8 Å². The quantitative estimate of drug-likeness (QED) is 0.729. The maximum absolute atomic E-state index is 5.78. The molecular formula is C10H19N5. The summed E-state index contributed by atoms with van der Waals surface area (Å²) in [5.74, 6) is 0.627. The Morgan fingerprint density at radius 3 is 2.80 bits per heavy atom. The van der Waals surface area contributed by atoms with E-state index in [9.17, 15) is 0 Å². The molecule has 0 aromatic carbocycles. The Balaban J connectivity index is 1.97. The molecule has 5 heteroatoms. The van der Waals surface area contributed by atoms with Crippen molar-refractivity contribution in [1.29, 1.82) is 0 Å². The summed E-state index contributed by atoms with van der Waals surface area (Å²) in [4.78, 5) is 6.76. The van der Waals surface area contributed by atoms with E-state index in [2.05, 4.69) is 28.3 Å². The third-order valence-electron chi connectivity index (χ3n) is 2.79. The molecule has 1 aromatic rings. The SMILES string of the molecule is CCn1cc(CN2CCNCC2)nc1N. The van der Waals surface area contributed by atoms with E-state index in [4.69, 9.17) is 5.73 Å². The Kier molecular flexibility index (Phi) is 3.23. The predicted octanol–water partition coefficient (Wildman–Crippen LogP) is -0.110. The molecule has 0 aliphatic carbocycles. The summed E-state index contributed by atoms with van der Waals surface area (Å²) in [7, 11) is 0. The standard InChI is InChI=1S/C10H19N5/c1-2-15-8-9(13-10(15)11)7-14-5-3-12-4-6-14/h8,12H,2-7H2,1H3,(H2,11,13). The number of nitrogen functional groups attached to an aromatic ring is 1. The molecule has 5 nitrogen and oxygen atoms in total. The van der Waals surface area contributed by atoms with Crippen LogP contribution in [0.25, 0.3) is 0 Å². The predicted molar refractivity (Wildman–Crippen MR) is 60.5 cm³/mol. The summed E-state index contributed by atoms with van der Waals surface area (Å²) in [5, 5.41) is 3.34. The fourth-order valence-electron chi connectivity index (χ4n) is 1.91. The number of hydrogen-bond acceptors (Lipinski definition) is 4. The van der Waals surface area contributed by atoms with E-state index in [-0.39, 0.29) is 0 Å². The summed E-state index contributed by atoms with van der Waals surface area (Å²) in [5.41, 5.74) is 6.86. The smallest absolute Gasteiger partial charge is 0.200 e. The molecule has 1 aliphatic rings. The Morgan fingerprint density at radius 2 is 2.20 bits per heavy atom. The molecule has 0 atom stereocenters. The summed E-state index contributed by atoms with van der Waals surface area (Å²) >= 11 is 0. The molecule has 3 N–H and O–H groups in total. The van der Waals surface area contributed by atoms with Gasteiger partial charge in [0, 0.05) is 45.5 Å². The number of aryl methyl sites for hydroxylation is 1. The van der Waals surface area contributed by atoms with E-state index in [1.165, 1.54) is 0 Å². The van der Waals surface area contributed by atoms with Crippen molar-refractivity contribution in [3.63, 3.8) is 0 Å². The van der Waals surface area contributed by atoms with Crippen molar-refractivity contribution in [3.8, 4) is 0 Å². The number of nitrogens with two attached hydrogens (primary N) is 1. The maximum Gasteiger partial charge on any atom is 0.200 e. The normalized spacial score (nSPS) is 18.2. The van der Waals surface area contributed by atoms with Gasteiger partial charge in [0.15, 0.2) is 5.95 Å². The average molecular weight is 209 g/mol. The van der Waals surface area contributed by atoms with Crippen LogP contribution in [0.4, 0.5) is 5.95 Å². The van der Waals surface area contributed by atoms with Gasteiger partial charge in [0.1, 0.15) is 0 Å². The van der Waals surface area contributed by atoms with E-state index in [0.29, 0.717) is 5.95 Å². The summed E-state index contributed by atoms with van der Waals surface area (Å²) in [6.07, 6.45) is 2.05. The molecule has 0 radical (unpaired) electrons. The highest BCUT2D eigenvalue weighted by molar-refractivity contribution is 5.21. The molecule has 1 aliphatic heterocycles. The minimum atomic E-state index is 0.627. The first-order valence-corrected chi connectivity index (χ1v) is 5.54. The van der Waals surface area contributed by atoms with E-state index >= 15 is 0 Å². The fraction of sp³-hybridized carbons (Fsp3) is 0.700. The molecule has 2 heterocycles. The molecule has 1 fully saturated rings. The van der Waals surface area contributed by atoms with Gasteiger partial charge in [0.2, 0.25) is 0 Å². The second-order valence-electron chi connectivity index (χ2n) is 3.90. The van der Waals surface area contributed by atoms with Gasteiger partial charge >= 0.3 is 0 Å². The van der Waals surface area contributed by atoms with E-state index in [0.717, 1.165) is 45.0 Å². The molecule has 0 amide bonds. The van der Waals surface area contributed by atoms with Gasteiger partial charge in [-0.05, 0) is 6.92 Å². The van der Waals surface area contributed by atoms with Crippen LogP contribution in [0.3, 0.4) is 0 Å². The Hall–Kier alpha value is -1.07. The summed E-state index contributed by atoms with van der Waals surface area (Å²) in [6, 6.07) is 0. The largest absolute Gasteiger partial charge is 0.369 e. The zero-order valence-electron chi connectivity index (χ0n) is 9.24. The molecule has 1 aromatic heterocycles. The van der Waals surface area contributed by atoms with Crippen molar-refractivity contribution < 1.29 is 0 Å². The van der Waals surface area contributed by atoms with Crippen molar-refractivity contribution in [2.75, 3.05) is 31.9 Å². The van der Waals surface area contributed by atoms with Crippen molar-refractivity contribution in [3.05, 3.63) is 11.9 Å². The van der Waals surface area contributed by atoms with Gasteiger partial charge < -0.3 is 15.6 Å². The minimum absolute atomic E-state index is 0.627. The lowest BCUT2D eigenvalue weighted by atomic mass is 10.3. The molecule has 0 unspecified atom stereocenters. The molecule has 0 bridgehead atoms. The van der Waals surface area contributed by atoms with Crippen LogP contribution in [0.2, 0.25) is 0 Å². The first-order valence-electron chi connectivity index (χ1n) is 5.54. The van der Waals surface area contributed by atoms with Crippen LogP contribution < -0.4 is 11.1 Å². The number of aromatic nitrogens is 2. The summed E-state index contributed by atoms with van der Waals surface area (Å²) < 4.78 is 1.98. The van der Waals surface area contributed by atoms with Gasteiger partial charge in [0.05, 0.1) is 5.69 Å². The van der Waals surface area contributed by atoms with Crippen LogP contribution in [-0.2, 0) is 13.1 Å². The van der Waals surface area contributed by atoms with Gasteiger partial charge in [0.25, 0.3) is 0 Å². The molecule has 2 rings (SSSR count). The van der Waals surface area contributed by atoms with E-state index in [1.807, 2.05) is 4.57 Å². The van der Waals surface area contributed by atoms with E-state index < -0.39 is 0 Å². The molecule has 84 valence electrons. The zero-order chi connectivity index (χ0) is 10.7. The van der Waals surface area contributed by atoms with Gasteiger partial charge in [-0.3, -0.25) is 4.90 Å². The highest BCUT2D eigenvalue weighted by atomic mass is 15.2. The molecular weight excluding hydrogens is 190 g/mol. The molecule has 0 saturated carbocycles. The Labute approximate surface area is 90.3 Å². The minimum Gasteiger partial charge on any atom is -0.369 e. The molecule has 0 spiro atoms. The third kappa shape index (κ3) is 2.49. The highest BCUT2D eigenvalue weighted by Gasteiger charge is 2.12. The highest BCUT2D eigenvalue weighted by Crippen LogP contribution is 2.08. The topological polar surface area (TPSA) is 59.1 Å². The van der Waals surface area contributed by atoms with Crippen LogP contribution in [0.5, 0.6) is 0 Å². The Bertz CT molecular complexity index is 314. The van der Waals surface area contributed by atoms with Gasteiger partial charge in [-0.1, -0.05) is 0 Å². The molecule has 15 heavy (non-hydrogen) atoms. The first kappa shape index (κ1) is 10.4. The van der Waals surface area contributed by atoms with E-state index in [1.54, 1.807) is 0 Å². The Morgan fingerprint density at radius 1 is 1.47 bits per heavy atom. The lowest BCUT2D eigenvalue weighted by Crippen LogP contribution is -2.42. The van der Waals surface area contributed by atoms with Gasteiger partial charge in [-0.25, -0.2) is 4.98 Å². The maximum atomic E-state index is 5.78. The van der Waals surface area contributed by atoms with Crippen molar-refractivity contribution in [2.24, 2.45) is 0 Å². The van der Waals surface area contributed by atoms with Crippen LogP contribution in [0.15, 0.2) is 6.20 Å². The van der Waals surface area contributed by atoms with Crippen LogP contribution in [0, 0.1) is 0 Å². The number of nitrogens with one attached hydrogen (secondary N) is 1. The number of anilines is 1. The number of nitrogens with zero attached hydrogens (tertiary/aromatic N) is 3. The van der Waals surface area contributed by atoms with Gasteiger partial charge in [-0.15, -0.1) is 0 Å². The second kappa shape index (κ2) is 4.63. The van der Waals surface area contributed by atoms with Crippen LogP contribution in [-0.4, -0.2) is 40.6 Å². The monoisotopic (exact) mass is 209 g/mol. The lowest BCUT2D eigenvalue weighted by Gasteiger charge is -2.26. The second-order valence-corrected chi connectivity index (χ2v) is 3.90. The third-order valence-corrected chi connectivity index (χ3v) is 2.79. The lowest BCUT2D eigenvalue weighted by molar-refractivity contribution is 0.231. The average Bonchev–Trinajstić information content (AvgIpc) is 2.60. The first-order chi connectivity index (χ1) is 7.29. The van der Waals surface area contributed by atoms with Crippen LogP contribution in [0.1, 0.15) is 12.6 Å². The molecule has 1 saturated heterocycles. The van der Waals surface area contributed by atoms with Crippen molar-refractivity contribution >= 4 is 5.95 Å². The number of rotatable bonds is 3. The summed E-state index contributed by atoms with van der Waals surface area (Å²) in [6.45, 7) is 8.22. The fourth-order valence-corrected chi connectivity index (χ4v) is 1.91. The number of piperazine rings is 1. The number of hydrogen-bond donors (Lipinski definition) is 2. The van der Waals surface area contributed by atoms with Gasteiger partial charge in [-0.2, -0.15) is 0 Å². The van der Waals surface area contributed by atoms with Crippen LogP contribution >= 0.6 is 0 Å². The van der Waals surface area contributed by atoms with Crippen molar-refractivity contribution in [2.45, 2.75) is 20.0 Å². The number of imidazole rings is 1. The zero-order valence-corrected chi connectivity index (χ0v) is 9.24.